The first-order valence-corrected chi connectivity index (χ1v) is 9.06. The van der Waals surface area contributed by atoms with Gasteiger partial charge in [0.1, 0.15) is 17.1 Å². The SMILES string of the molecule is COc1cc2oc(C)c(C)c2cc1/C(C)=C/C(=O)N1CCCCCC1. The standard InChI is InChI=1S/C21H27NO3/c1-14(11-21(23)22-9-7-5-6-8-10-22)17-12-18-15(2)16(3)25-20(18)13-19(17)24-4/h11-13H,5-10H2,1-4H3/b14-11+. The molecule has 0 atom stereocenters. The highest BCUT2D eigenvalue weighted by molar-refractivity contribution is 5.97. The van der Waals surface area contributed by atoms with Crippen molar-refractivity contribution < 1.29 is 13.9 Å². The number of hydrogen-bond donors (Lipinski definition) is 0. The molecule has 25 heavy (non-hydrogen) atoms. The highest BCUT2D eigenvalue weighted by Gasteiger charge is 2.17. The van der Waals surface area contributed by atoms with Gasteiger partial charge in [0.05, 0.1) is 7.11 Å². The molecule has 1 fully saturated rings. The number of methoxy groups -OCH3 is 1. The molecular formula is C21H27NO3. The molecule has 1 amide bonds. The normalized spacial score (nSPS) is 16.2. The average Bonchev–Trinajstić information content (AvgIpc) is 2.80. The Bertz CT molecular complexity index is 808. The minimum Gasteiger partial charge on any atom is -0.496 e. The fourth-order valence-electron chi connectivity index (χ4n) is 3.49. The highest BCUT2D eigenvalue weighted by Crippen LogP contribution is 2.34. The molecule has 1 aromatic carbocycles. The van der Waals surface area contributed by atoms with Crippen LogP contribution < -0.4 is 4.74 Å². The van der Waals surface area contributed by atoms with Crippen LogP contribution in [-0.2, 0) is 4.79 Å². The molecular weight excluding hydrogens is 314 g/mol. The number of carbonyl (C=O) groups is 1. The third-order valence-electron chi connectivity index (χ3n) is 5.18. The number of nitrogens with zero attached hydrogens (tertiary/aromatic N) is 1. The van der Waals surface area contributed by atoms with Gasteiger partial charge in [0.25, 0.3) is 0 Å². The number of carbonyl (C=O) groups excluding carboxylic acids is 1. The number of furan rings is 1. The minimum absolute atomic E-state index is 0.0987. The summed E-state index contributed by atoms with van der Waals surface area (Å²) in [5, 5.41) is 1.07. The second kappa shape index (κ2) is 7.34. The van der Waals surface area contributed by atoms with Crippen molar-refractivity contribution in [3.63, 3.8) is 0 Å². The van der Waals surface area contributed by atoms with Crippen molar-refractivity contribution in [1.82, 2.24) is 4.90 Å². The number of rotatable bonds is 3. The van der Waals surface area contributed by atoms with Crippen LogP contribution in [0.1, 0.15) is 49.5 Å². The molecule has 0 spiro atoms. The Balaban J connectivity index is 1.95. The summed E-state index contributed by atoms with van der Waals surface area (Å²) < 4.78 is 11.3. The Hall–Kier alpha value is -2.23. The van der Waals surface area contributed by atoms with E-state index >= 15 is 0 Å². The molecule has 4 heteroatoms. The van der Waals surface area contributed by atoms with Crippen LogP contribution in [0.25, 0.3) is 16.5 Å². The van der Waals surface area contributed by atoms with Gasteiger partial charge in [-0.25, -0.2) is 0 Å². The molecule has 0 aliphatic carbocycles. The van der Waals surface area contributed by atoms with E-state index in [0.29, 0.717) is 0 Å². The lowest BCUT2D eigenvalue weighted by Crippen LogP contribution is -2.30. The lowest BCUT2D eigenvalue weighted by molar-refractivity contribution is -0.125. The van der Waals surface area contributed by atoms with Crippen molar-refractivity contribution in [2.24, 2.45) is 0 Å². The largest absolute Gasteiger partial charge is 0.496 e. The molecule has 134 valence electrons. The summed E-state index contributed by atoms with van der Waals surface area (Å²) in [5.41, 5.74) is 3.82. The molecule has 1 aliphatic heterocycles. The van der Waals surface area contributed by atoms with Crippen LogP contribution in [-0.4, -0.2) is 31.0 Å². The van der Waals surface area contributed by atoms with Gasteiger partial charge in [0, 0.05) is 36.2 Å². The van der Waals surface area contributed by atoms with E-state index in [0.717, 1.165) is 65.1 Å². The summed E-state index contributed by atoms with van der Waals surface area (Å²) in [6.07, 6.45) is 6.38. The zero-order chi connectivity index (χ0) is 18.0. The van der Waals surface area contributed by atoms with Gasteiger partial charge in [-0.3, -0.25) is 4.79 Å². The molecule has 0 unspecified atom stereocenters. The number of likely N-dealkylation sites (tertiary alicyclic amines) is 1. The van der Waals surface area contributed by atoms with E-state index in [1.165, 1.54) is 12.8 Å². The van der Waals surface area contributed by atoms with Crippen molar-refractivity contribution in [2.75, 3.05) is 20.2 Å². The lowest BCUT2D eigenvalue weighted by Gasteiger charge is -2.19. The molecule has 0 bridgehead atoms. The zero-order valence-electron chi connectivity index (χ0n) is 15.6. The van der Waals surface area contributed by atoms with Crippen molar-refractivity contribution >= 4 is 22.4 Å². The monoisotopic (exact) mass is 341 g/mol. The smallest absolute Gasteiger partial charge is 0.246 e. The second-order valence-corrected chi connectivity index (χ2v) is 6.90. The Morgan fingerprint density at radius 1 is 1.16 bits per heavy atom. The summed E-state index contributed by atoms with van der Waals surface area (Å²) in [4.78, 5) is 14.6. The first-order chi connectivity index (χ1) is 12.0. The van der Waals surface area contributed by atoms with Gasteiger partial charge in [-0.05, 0) is 50.8 Å². The summed E-state index contributed by atoms with van der Waals surface area (Å²) in [6.45, 7) is 7.71. The van der Waals surface area contributed by atoms with Crippen molar-refractivity contribution in [3.8, 4) is 5.75 Å². The Labute approximate surface area is 149 Å². The van der Waals surface area contributed by atoms with Gasteiger partial charge in [0.2, 0.25) is 5.91 Å². The van der Waals surface area contributed by atoms with E-state index in [-0.39, 0.29) is 5.91 Å². The van der Waals surface area contributed by atoms with Crippen molar-refractivity contribution in [1.29, 1.82) is 0 Å². The molecule has 3 rings (SSSR count). The van der Waals surface area contributed by atoms with Gasteiger partial charge >= 0.3 is 0 Å². The van der Waals surface area contributed by atoms with Crippen LogP contribution in [0.2, 0.25) is 0 Å². The molecule has 1 saturated heterocycles. The first-order valence-electron chi connectivity index (χ1n) is 9.06. The zero-order valence-corrected chi connectivity index (χ0v) is 15.6. The minimum atomic E-state index is 0.0987. The molecule has 2 aromatic rings. The molecule has 1 aliphatic rings. The fourth-order valence-corrected chi connectivity index (χ4v) is 3.49. The number of hydrogen-bond acceptors (Lipinski definition) is 3. The van der Waals surface area contributed by atoms with E-state index in [4.69, 9.17) is 9.15 Å². The third kappa shape index (κ3) is 3.58. The molecule has 4 nitrogen and oxygen atoms in total. The van der Waals surface area contributed by atoms with Crippen LogP contribution >= 0.6 is 0 Å². The fraction of sp³-hybridized carbons (Fsp3) is 0.476. The van der Waals surface area contributed by atoms with Crippen LogP contribution in [0.15, 0.2) is 22.6 Å². The van der Waals surface area contributed by atoms with Gasteiger partial charge in [0.15, 0.2) is 0 Å². The van der Waals surface area contributed by atoms with Crippen LogP contribution in [0.4, 0.5) is 0 Å². The summed E-state index contributed by atoms with van der Waals surface area (Å²) >= 11 is 0. The Morgan fingerprint density at radius 3 is 2.48 bits per heavy atom. The Morgan fingerprint density at radius 2 is 1.84 bits per heavy atom. The van der Waals surface area contributed by atoms with Crippen LogP contribution in [0.5, 0.6) is 5.75 Å². The summed E-state index contributed by atoms with van der Waals surface area (Å²) in [6, 6.07) is 3.99. The van der Waals surface area contributed by atoms with Gasteiger partial charge < -0.3 is 14.1 Å². The maximum atomic E-state index is 12.7. The van der Waals surface area contributed by atoms with Crippen molar-refractivity contribution in [2.45, 2.75) is 46.5 Å². The maximum Gasteiger partial charge on any atom is 0.246 e. The average molecular weight is 341 g/mol. The molecule has 2 heterocycles. The van der Waals surface area contributed by atoms with E-state index in [1.54, 1.807) is 13.2 Å². The predicted octanol–water partition coefficient (Wildman–Crippen LogP) is 4.86. The van der Waals surface area contributed by atoms with E-state index in [1.807, 2.05) is 24.8 Å². The van der Waals surface area contributed by atoms with Gasteiger partial charge in [-0.1, -0.05) is 12.8 Å². The van der Waals surface area contributed by atoms with E-state index in [9.17, 15) is 4.79 Å². The number of allylic oxidation sites excluding steroid dienone is 1. The second-order valence-electron chi connectivity index (χ2n) is 6.90. The molecule has 0 radical (unpaired) electrons. The Kier molecular flexibility index (Phi) is 5.16. The van der Waals surface area contributed by atoms with Gasteiger partial charge in [-0.15, -0.1) is 0 Å². The van der Waals surface area contributed by atoms with Gasteiger partial charge in [-0.2, -0.15) is 0 Å². The highest BCUT2D eigenvalue weighted by atomic mass is 16.5. The molecule has 1 aromatic heterocycles. The lowest BCUT2D eigenvalue weighted by atomic mass is 10.0. The number of fused-ring (bicyclic) bond motifs is 1. The topological polar surface area (TPSA) is 42.7 Å². The van der Waals surface area contributed by atoms with E-state index in [2.05, 4.69) is 13.0 Å². The predicted molar refractivity (Wildman–Crippen MR) is 101 cm³/mol. The van der Waals surface area contributed by atoms with Crippen LogP contribution in [0, 0.1) is 13.8 Å². The first kappa shape index (κ1) is 17.6. The quantitative estimate of drug-likeness (QED) is 0.749. The third-order valence-corrected chi connectivity index (χ3v) is 5.18. The summed E-state index contributed by atoms with van der Waals surface area (Å²) in [7, 11) is 1.65. The van der Waals surface area contributed by atoms with E-state index < -0.39 is 0 Å². The van der Waals surface area contributed by atoms with Crippen LogP contribution in [0.3, 0.4) is 0 Å². The van der Waals surface area contributed by atoms with Crippen molar-refractivity contribution in [3.05, 3.63) is 35.1 Å². The number of amides is 1. The number of aryl methyl sites for hydroxylation is 2. The maximum absolute atomic E-state index is 12.7. The number of benzene rings is 1. The molecule has 0 saturated carbocycles. The summed E-state index contributed by atoms with van der Waals surface area (Å²) in [5.74, 6) is 1.75. The molecule has 0 N–H and O–H groups in total. The number of ether oxygens (including phenoxy) is 1.